The molecule has 1 heterocycles. The molecule has 1 aliphatic rings. The molecule has 0 bridgehead atoms. The minimum absolute atomic E-state index is 0.118. The molecule has 0 amide bonds. The van der Waals surface area contributed by atoms with Crippen LogP contribution in [0.4, 0.5) is 0 Å². The second-order valence-electron chi connectivity index (χ2n) is 5.66. The number of hydrogen-bond donors (Lipinski definition) is 2. The molecule has 0 aromatic heterocycles. The van der Waals surface area contributed by atoms with E-state index in [4.69, 9.17) is 3.07 Å². The summed E-state index contributed by atoms with van der Waals surface area (Å²) in [4.78, 5) is 2.33. The third kappa shape index (κ3) is 5.06. The first-order chi connectivity index (χ1) is 7.58. The zero-order valence-corrected chi connectivity index (χ0v) is 15.1. The number of rotatable bonds is 6. The normalized spacial score (nSPS) is 21.6. The van der Waals surface area contributed by atoms with E-state index in [-0.39, 0.29) is 15.6 Å². The van der Waals surface area contributed by atoms with Gasteiger partial charge >= 0.3 is 129 Å². The summed E-state index contributed by atoms with van der Waals surface area (Å²) in [6, 6.07) is 0. The number of nitrogens with zero attached hydrogens (tertiary/aromatic N) is 1. The van der Waals surface area contributed by atoms with Crippen LogP contribution in [-0.2, 0) is 3.07 Å². The van der Waals surface area contributed by atoms with E-state index >= 15 is 0 Å². The molecular weight excluding hydrogens is 448 g/mol. The molecule has 1 fully saturated rings. The molecule has 1 rings (SSSR count). The maximum atomic E-state index is 9.61. The monoisotopic (exact) mass is 470 g/mol. The van der Waals surface area contributed by atoms with Crippen molar-refractivity contribution in [3.8, 4) is 0 Å². The first kappa shape index (κ1) is 16.4. The van der Waals surface area contributed by atoms with Gasteiger partial charge in [0, 0.05) is 0 Å². The predicted molar refractivity (Wildman–Crippen MR) is 71.4 cm³/mol. The molecule has 0 radical (unpaired) electrons. The van der Waals surface area contributed by atoms with Crippen LogP contribution in [-0.4, -0.2) is 48.6 Å². The van der Waals surface area contributed by atoms with Gasteiger partial charge in [-0.1, -0.05) is 0 Å². The zero-order chi connectivity index (χ0) is 13.3. The Labute approximate surface area is 128 Å². The van der Waals surface area contributed by atoms with Crippen molar-refractivity contribution in [2.75, 3.05) is 26.3 Å². The Bertz CT molecular complexity index is 254. The molecule has 1 aliphatic heterocycles. The van der Waals surface area contributed by atoms with Crippen LogP contribution in [0.3, 0.4) is 0 Å². The molecule has 1 saturated heterocycles. The van der Waals surface area contributed by atoms with Crippen LogP contribution in [0.25, 0.3) is 0 Å². The van der Waals surface area contributed by atoms with Crippen molar-refractivity contribution in [1.29, 1.82) is 0 Å². The average molecular weight is 470 g/mol. The fraction of sp³-hybridized carbons (Fsp3) is 1.00. The molecule has 0 aromatic rings. The Hall–Kier alpha value is 1.30. The molecule has 0 spiro atoms. The van der Waals surface area contributed by atoms with Crippen molar-refractivity contribution in [1.82, 2.24) is 4.90 Å². The summed E-state index contributed by atoms with van der Waals surface area (Å²) in [6.07, 6.45) is 0. The van der Waals surface area contributed by atoms with Gasteiger partial charge in [-0.05, 0) is 0 Å². The van der Waals surface area contributed by atoms with Gasteiger partial charge in [0.2, 0.25) is 0 Å². The van der Waals surface area contributed by atoms with Crippen LogP contribution in [0.2, 0.25) is 0 Å². The fourth-order valence-electron chi connectivity index (χ4n) is 1.65. The first-order valence-corrected chi connectivity index (χ1v) is 8.67. The van der Waals surface area contributed by atoms with Crippen LogP contribution in [0.1, 0.15) is 27.7 Å². The Kier molecular flexibility index (Phi) is 5.52. The van der Waals surface area contributed by atoms with Crippen molar-refractivity contribution in [2.24, 2.45) is 5.41 Å². The summed E-state index contributed by atoms with van der Waals surface area (Å²) in [5.41, 5.74) is -0.118. The molecule has 0 aromatic carbocycles. The predicted octanol–water partition coefficient (Wildman–Crippen LogP) is -1.80. The van der Waals surface area contributed by atoms with E-state index in [0.29, 0.717) is 6.61 Å². The van der Waals surface area contributed by atoms with Gasteiger partial charge in [-0.25, -0.2) is 0 Å². The van der Waals surface area contributed by atoms with Crippen molar-refractivity contribution in [3.63, 3.8) is 0 Å². The summed E-state index contributed by atoms with van der Waals surface area (Å²) in [5.74, 6) is 0. The van der Waals surface area contributed by atoms with Crippen LogP contribution in [0.15, 0.2) is 0 Å². The van der Waals surface area contributed by atoms with Crippen LogP contribution >= 0.6 is 22.6 Å². The van der Waals surface area contributed by atoms with E-state index in [1.165, 1.54) is 0 Å². The van der Waals surface area contributed by atoms with Gasteiger partial charge in [-0.15, -0.1) is 0 Å². The Balaban J connectivity index is 2.37. The Morgan fingerprint density at radius 3 is 2.24 bits per heavy atom. The molecular formula is C11H22I2NO3-. The molecule has 0 atom stereocenters. The second kappa shape index (κ2) is 5.74. The molecule has 104 valence electrons. The van der Waals surface area contributed by atoms with Crippen molar-refractivity contribution < 1.29 is 34.9 Å². The zero-order valence-electron chi connectivity index (χ0n) is 10.8. The summed E-state index contributed by atoms with van der Waals surface area (Å²) in [6.45, 7) is 10.3. The van der Waals surface area contributed by atoms with Gasteiger partial charge in [-0.3, -0.25) is 0 Å². The average Bonchev–Trinajstić information content (AvgIpc) is 2.05. The molecule has 0 aliphatic carbocycles. The number of aliphatic hydroxyl groups excluding tert-OH is 1. The number of likely N-dealkylation sites (tertiary alicyclic amines) is 1. The van der Waals surface area contributed by atoms with Gasteiger partial charge < -0.3 is 0 Å². The van der Waals surface area contributed by atoms with Crippen molar-refractivity contribution in [3.05, 3.63) is 0 Å². The summed E-state index contributed by atoms with van der Waals surface area (Å²) in [5, 5.41) is 19.1. The third-order valence-electron chi connectivity index (χ3n) is 2.74. The Morgan fingerprint density at radius 1 is 1.35 bits per heavy atom. The number of halogens is 2. The van der Waals surface area contributed by atoms with Crippen LogP contribution in [0, 0.1) is 5.41 Å². The number of hydrogen-bond acceptors (Lipinski definition) is 4. The van der Waals surface area contributed by atoms with E-state index in [1.54, 1.807) is 13.8 Å². The van der Waals surface area contributed by atoms with Gasteiger partial charge in [0.05, 0.1) is 0 Å². The maximum absolute atomic E-state index is 9.61. The van der Waals surface area contributed by atoms with E-state index in [2.05, 4.69) is 41.3 Å². The summed E-state index contributed by atoms with van der Waals surface area (Å²) in [7, 11) is 0. The molecule has 4 nitrogen and oxygen atoms in total. The molecule has 2 N–H and O–H groups in total. The standard InChI is InChI=1S/C11H22I2NO3/c1-9(2,12)14-5-11(6-14,7-15)8-17-13-10(3,4)16/h15-16H,5-8H2,1-4H3/q-1. The topological polar surface area (TPSA) is 52.9 Å². The first-order valence-electron chi connectivity index (χ1n) is 5.63. The quantitative estimate of drug-likeness (QED) is 0.274. The van der Waals surface area contributed by atoms with Gasteiger partial charge in [0.1, 0.15) is 0 Å². The minimum atomic E-state index is -0.693. The molecule has 0 unspecified atom stereocenters. The van der Waals surface area contributed by atoms with E-state index < -0.39 is 25.2 Å². The third-order valence-corrected chi connectivity index (χ3v) is 5.13. The van der Waals surface area contributed by atoms with Gasteiger partial charge in [0.25, 0.3) is 0 Å². The van der Waals surface area contributed by atoms with Gasteiger partial charge in [0.15, 0.2) is 0 Å². The van der Waals surface area contributed by atoms with Crippen LogP contribution < -0.4 is 21.6 Å². The van der Waals surface area contributed by atoms with Gasteiger partial charge in [-0.2, -0.15) is 0 Å². The number of aliphatic hydroxyl groups is 2. The second-order valence-corrected chi connectivity index (χ2v) is 12.0. The molecule has 6 heteroatoms. The fourth-order valence-corrected chi connectivity index (χ4v) is 3.57. The Morgan fingerprint density at radius 2 is 1.88 bits per heavy atom. The molecule has 0 saturated carbocycles. The molecule has 17 heavy (non-hydrogen) atoms. The summed E-state index contributed by atoms with van der Waals surface area (Å²) < 4.78 is 5.06. The van der Waals surface area contributed by atoms with E-state index in [1.807, 2.05) is 0 Å². The van der Waals surface area contributed by atoms with Crippen molar-refractivity contribution in [2.45, 2.75) is 34.8 Å². The van der Waals surface area contributed by atoms with Crippen LogP contribution in [0.5, 0.6) is 0 Å². The van der Waals surface area contributed by atoms with E-state index in [0.717, 1.165) is 13.1 Å². The SMILES string of the molecule is CC(C)(O)[I-]OCC1(CO)CN(C(C)(C)I)C1. The van der Waals surface area contributed by atoms with Crippen molar-refractivity contribution >= 4 is 22.6 Å². The number of alkyl halides is 2. The summed E-state index contributed by atoms with van der Waals surface area (Å²) >= 11 is 1.73. The van der Waals surface area contributed by atoms with E-state index in [9.17, 15) is 10.2 Å².